The van der Waals surface area contributed by atoms with E-state index in [1.54, 1.807) is 30.2 Å². The van der Waals surface area contributed by atoms with E-state index in [0.717, 1.165) is 5.75 Å². The summed E-state index contributed by atoms with van der Waals surface area (Å²) in [6, 6.07) is 5.24. The van der Waals surface area contributed by atoms with Gasteiger partial charge in [-0.1, -0.05) is 30.0 Å². The van der Waals surface area contributed by atoms with Crippen LogP contribution in [-0.4, -0.2) is 41.6 Å². The number of thiocarbonyl (C=S) groups is 1. The topological polar surface area (TPSA) is 38.8 Å². The fourth-order valence-electron chi connectivity index (χ4n) is 1.78. The second-order valence-corrected chi connectivity index (χ2v) is 5.34. The number of ether oxygens (including phenoxy) is 2. The Kier molecular flexibility index (Phi) is 4.08. The molecule has 1 amide bonds. The number of thioether (sulfide) groups is 1. The third-order valence-electron chi connectivity index (χ3n) is 2.64. The lowest BCUT2D eigenvalue weighted by Crippen LogP contribution is -2.31. The minimum Gasteiger partial charge on any atom is -0.493 e. The van der Waals surface area contributed by atoms with E-state index >= 15 is 0 Å². The summed E-state index contributed by atoms with van der Waals surface area (Å²) in [7, 11) is 3.06. The number of hydrogen-bond donors (Lipinski definition) is 0. The van der Waals surface area contributed by atoms with Crippen molar-refractivity contribution >= 4 is 34.2 Å². The molecule has 4 nitrogen and oxygen atoms in total. The van der Waals surface area contributed by atoms with E-state index in [2.05, 4.69) is 0 Å². The van der Waals surface area contributed by atoms with E-state index in [-0.39, 0.29) is 5.91 Å². The van der Waals surface area contributed by atoms with E-state index in [9.17, 15) is 4.79 Å². The molecular formula is C12H13NO3S2. The standard InChI is InChI=1S/C12H13NO3S2/c1-15-9-5-3-4-8(10(9)16-2)11(14)13-6-7-18-12(13)17/h3-5H,6-7H2,1-2H3. The molecule has 18 heavy (non-hydrogen) atoms. The molecule has 6 heteroatoms. The molecule has 0 radical (unpaired) electrons. The molecule has 0 bridgehead atoms. The highest BCUT2D eigenvalue weighted by Crippen LogP contribution is 2.32. The lowest BCUT2D eigenvalue weighted by Gasteiger charge is -2.17. The molecule has 0 N–H and O–H groups in total. The van der Waals surface area contributed by atoms with Crippen molar-refractivity contribution in [3.05, 3.63) is 23.8 Å². The Hall–Kier alpha value is -1.27. The predicted molar refractivity (Wildman–Crippen MR) is 75.6 cm³/mol. The number of amides is 1. The Morgan fingerprint density at radius 1 is 1.39 bits per heavy atom. The van der Waals surface area contributed by atoms with Gasteiger partial charge in [-0.15, -0.1) is 0 Å². The van der Waals surface area contributed by atoms with Gasteiger partial charge in [0.15, 0.2) is 11.5 Å². The molecule has 96 valence electrons. The highest BCUT2D eigenvalue weighted by molar-refractivity contribution is 8.23. The molecule has 1 fully saturated rings. The molecule has 0 atom stereocenters. The third-order valence-corrected chi connectivity index (χ3v) is 4.07. The van der Waals surface area contributed by atoms with Crippen LogP contribution in [0.4, 0.5) is 0 Å². The average Bonchev–Trinajstić information content (AvgIpc) is 2.83. The highest BCUT2D eigenvalue weighted by atomic mass is 32.2. The van der Waals surface area contributed by atoms with Gasteiger partial charge in [0.25, 0.3) is 5.91 Å². The summed E-state index contributed by atoms with van der Waals surface area (Å²) in [5.74, 6) is 1.70. The van der Waals surface area contributed by atoms with Crippen LogP contribution in [-0.2, 0) is 0 Å². The Labute approximate surface area is 115 Å². The maximum Gasteiger partial charge on any atom is 0.263 e. The molecule has 1 aromatic carbocycles. The van der Waals surface area contributed by atoms with Crippen molar-refractivity contribution in [2.45, 2.75) is 0 Å². The lowest BCUT2D eigenvalue weighted by atomic mass is 10.1. The summed E-state index contributed by atoms with van der Waals surface area (Å²) < 4.78 is 11.1. The molecule has 0 spiro atoms. The van der Waals surface area contributed by atoms with E-state index in [1.165, 1.54) is 18.9 Å². The Morgan fingerprint density at radius 3 is 2.72 bits per heavy atom. The second-order valence-electron chi connectivity index (χ2n) is 3.61. The van der Waals surface area contributed by atoms with Gasteiger partial charge in [-0.2, -0.15) is 0 Å². The van der Waals surface area contributed by atoms with Gasteiger partial charge < -0.3 is 9.47 Å². The first-order valence-electron chi connectivity index (χ1n) is 5.38. The van der Waals surface area contributed by atoms with Crippen LogP contribution in [0.2, 0.25) is 0 Å². The first-order chi connectivity index (χ1) is 8.69. The molecule has 1 heterocycles. The van der Waals surface area contributed by atoms with Gasteiger partial charge in [-0.25, -0.2) is 0 Å². The summed E-state index contributed by atoms with van der Waals surface area (Å²) in [4.78, 5) is 14.0. The van der Waals surface area contributed by atoms with Gasteiger partial charge >= 0.3 is 0 Å². The third kappa shape index (κ3) is 2.30. The second kappa shape index (κ2) is 5.58. The van der Waals surface area contributed by atoms with Crippen LogP contribution < -0.4 is 9.47 Å². The normalized spacial score (nSPS) is 14.8. The Bertz CT molecular complexity index is 490. The van der Waals surface area contributed by atoms with Crippen LogP contribution in [0.3, 0.4) is 0 Å². The number of nitrogens with zero attached hydrogens (tertiary/aromatic N) is 1. The van der Waals surface area contributed by atoms with Crippen molar-refractivity contribution in [1.29, 1.82) is 0 Å². The largest absolute Gasteiger partial charge is 0.493 e. The fourth-order valence-corrected chi connectivity index (χ4v) is 2.98. The van der Waals surface area contributed by atoms with Crippen LogP contribution in [0.15, 0.2) is 18.2 Å². The summed E-state index contributed by atoms with van der Waals surface area (Å²) in [6.07, 6.45) is 0. The van der Waals surface area contributed by atoms with Crippen molar-refractivity contribution in [3.8, 4) is 11.5 Å². The summed E-state index contributed by atoms with van der Waals surface area (Å²) in [6.45, 7) is 0.642. The maximum atomic E-state index is 12.4. The van der Waals surface area contributed by atoms with Crippen LogP contribution in [0.1, 0.15) is 10.4 Å². The maximum absolute atomic E-state index is 12.4. The molecular weight excluding hydrogens is 270 g/mol. The van der Waals surface area contributed by atoms with Gasteiger partial charge in [0.2, 0.25) is 0 Å². The zero-order valence-electron chi connectivity index (χ0n) is 10.1. The quantitative estimate of drug-likeness (QED) is 0.795. The van der Waals surface area contributed by atoms with Gasteiger partial charge in [-0.05, 0) is 12.1 Å². The zero-order valence-corrected chi connectivity index (χ0v) is 11.8. The number of carbonyl (C=O) groups is 1. The number of para-hydroxylation sites is 1. The number of benzene rings is 1. The SMILES string of the molecule is COc1cccc(C(=O)N2CCSC2=S)c1OC. The number of carbonyl (C=O) groups excluding carboxylic acids is 1. The van der Waals surface area contributed by atoms with Crippen molar-refractivity contribution in [3.63, 3.8) is 0 Å². The Morgan fingerprint density at radius 2 is 2.17 bits per heavy atom. The minimum absolute atomic E-state index is 0.138. The van der Waals surface area contributed by atoms with Gasteiger partial charge in [-0.3, -0.25) is 9.69 Å². The van der Waals surface area contributed by atoms with Crippen molar-refractivity contribution in [2.24, 2.45) is 0 Å². The van der Waals surface area contributed by atoms with Crippen LogP contribution in [0, 0.1) is 0 Å². The predicted octanol–water partition coefficient (Wildman–Crippen LogP) is 2.18. The van der Waals surface area contributed by atoms with E-state index in [0.29, 0.717) is 27.9 Å². The molecule has 0 unspecified atom stereocenters. The summed E-state index contributed by atoms with van der Waals surface area (Å²) in [5.41, 5.74) is 0.474. The highest BCUT2D eigenvalue weighted by Gasteiger charge is 2.28. The average molecular weight is 283 g/mol. The van der Waals surface area contributed by atoms with Crippen molar-refractivity contribution < 1.29 is 14.3 Å². The summed E-state index contributed by atoms with van der Waals surface area (Å²) in [5, 5.41) is 0. The molecule has 0 saturated carbocycles. The molecule has 1 aliphatic rings. The molecule has 1 aromatic rings. The smallest absolute Gasteiger partial charge is 0.263 e. The summed E-state index contributed by atoms with van der Waals surface area (Å²) >= 11 is 6.67. The number of hydrogen-bond acceptors (Lipinski definition) is 5. The van der Waals surface area contributed by atoms with E-state index in [1.807, 2.05) is 0 Å². The Balaban J connectivity index is 2.38. The van der Waals surface area contributed by atoms with E-state index < -0.39 is 0 Å². The molecule has 1 aliphatic heterocycles. The lowest BCUT2D eigenvalue weighted by molar-refractivity contribution is 0.0857. The first-order valence-corrected chi connectivity index (χ1v) is 6.78. The molecule has 0 aliphatic carbocycles. The van der Waals surface area contributed by atoms with Crippen LogP contribution in [0.25, 0.3) is 0 Å². The van der Waals surface area contributed by atoms with Crippen molar-refractivity contribution in [1.82, 2.24) is 4.90 Å². The fraction of sp³-hybridized carbons (Fsp3) is 0.333. The minimum atomic E-state index is -0.138. The zero-order chi connectivity index (χ0) is 13.1. The van der Waals surface area contributed by atoms with E-state index in [4.69, 9.17) is 21.7 Å². The first kappa shape index (κ1) is 13.2. The van der Waals surface area contributed by atoms with Gasteiger partial charge in [0, 0.05) is 12.3 Å². The van der Waals surface area contributed by atoms with Crippen molar-refractivity contribution in [2.75, 3.05) is 26.5 Å². The van der Waals surface area contributed by atoms with Gasteiger partial charge in [0.05, 0.1) is 19.8 Å². The van der Waals surface area contributed by atoms with Gasteiger partial charge in [0.1, 0.15) is 4.32 Å². The number of rotatable bonds is 3. The molecule has 2 rings (SSSR count). The number of methoxy groups -OCH3 is 2. The van der Waals surface area contributed by atoms with Crippen LogP contribution >= 0.6 is 24.0 Å². The molecule has 1 saturated heterocycles. The molecule has 0 aromatic heterocycles. The van der Waals surface area contributed by atoms with Crippen LogP contribution in [0.5, 0.6) is 11.5 Å². The monoisotopic (exact) mass is 283 g/mol.